The van der Waals surface area contributed by atoms with Crippen LogP contribution in [-0.4, -0.2) is 19.1 Å². The van der Waals surface area contributed by atoms with Gasteiger partial charge in [0.1, 0.15) is 11.3 Å². The molecule has 1 amide bonds. The van der Waals surface area contributed by atoms with Gasteiger partial charge in [-0.05, 0) is 37.0 Å². The van der Waals surface area contributed by atoms with Crippen molar-refractivity contribution in [3.8, 4) is 5.75 Å². The van der Waals surface area contributed by atoms with Crippen molar-refractivity contribution < 1.29 is 13.9 Å². The summed E-state index contributed by atoms with van der Waals surface area (Å²) in [6.45, 7) is 2.21. The molecule has 0 unspecified atom stereocenters. The smallest absolute Gasteiger partial charge is 0.336 e. The summed E-state index contributed by atoms with van der Waals surface area (Å²) < 4.78 is 10.7. The first-order chi connectivity index (χ1) is 13.0. The SMILES string of the molecule is Cc1cc(=O)oc2cc(OCC(=O)NCCCc3ccccc3)c(Cl)cc12. The second kappa shape index (κ2) is 8.73. The number of halogens is 1. The average Bonchev–Trinajstić information content (AvgIpc) is 2.65. The molecular weight excluding hydrogens is 366 g/mol. The Bertz CT molecular complexity index is 998. The van der Waals surface area contributed by atoms with E-state index in [4.69, 9.17) is 20.8 Å². The molecule has 0 spiro atoms. The molecule has 0 aliphatic rings. The summed E-state index contributed by atoms with van der Waals surface area (Å²) >= 11 is 6.22. The number of nitrogens with one attached hydrogen (secondary N) is 1. The standard InChI is InChI=1S/C21H20ClNO4/c1-14-10-21(25)27-18-12-19(17(22)11-16(14)18)26-13-20(24)23-9-5-8-15-6-3-2-4-7-15/h2-4,6-7,10-12H,5,8-9,13H2,1H3,(H,23,24). The molecule has 0 aliphatic heterocycles. The van der Waals surface area contributed by atoms with Crippen LogP contribution >= 0.6 is 11.6 Å². The highest BCUT2D eigenvalue weighted by Crippen LogP contribution is 2.30. The number of fused-ring (bicyclic) bond motifs is 1. The molecule has 0 bridgehead atoms. The van der Waals surface area contributed by atoms with Crippen LogP contribution in [0.2, 0.25) is 5.02 Å². The number of amides is 1. The summed E-state index contributed by atoms with van der Waals surface area (Å²) in [4.78, 5) is 23.5. The van der Waals surface area contributed by atoms with Crippen molar-refractivity contribution >= 4 is 28.5 Å². The maximum Gasteiger partial charge on any atom is 0.336 e. The molecule has 140 valence electrons. The molecule has 1 heterocycles. The maximum absolute atomic E-state index is 12.0. The predicted octanol–water partition coefficient (Wildman–Crippen LogP) is 3.88. The molecule has 0 radical (unpaired) electrons. The Morgan fingerprint density at radius 1 is 1.19 bits per heavy atom. The second-order valence-electron chi connectivity index (χ2n) is 6.26. The maximum atomic E-state index is 12.0. The molecule has 3 rings (SSSR count). The Hall–Kier alpha value is -2.79. The van der Waals surface area contributed by atoms with E-state index in [0.29, 0.717) is 22.9 Å². The molecule has 0 saturated carbocycles. The van der Waals surface area contributed by atoms with Gasteiger partial charge in [0.05, 0.1) is 5.02 Å². The monoisotopic (exact) mass is 385 g/mol. The fourth-order valence-electron chi connectivity index (χ4n) is 2.79. The molecule has 27 heavy (non-hydrogen) atoms. The van der Waals surface area contributed by atoms with Gasteiger partial charge in [-0.2, -0.15) is 0 Å². The molecule has 3 aromatic rings. The van der Waals surface area contributed by atoms with Crippen LogP contribution in [-0.2, 0) is 11.2 Å². The molecule has 0 aliphatic carbocycles. The molecule has 0 atom stereocenters. The molecule has 1 aromatic heterocycles. The van der Waals surface area contributed by atoms with Crippen molar-refractivity contribution in [1.29, 1.82) is 0 Å². The lowest BCUT2D eigenvalue weighted by Crippen LogP contribution is -2.30. The third kappa shape index (κ3) is 5.11. The van der Waals surface area contributed by atoms with E-state index in [1.54, 1.807) is 13.0 Å². The van der Waals surface area contributed by atoms with Crippen molar-refractivity contribution in [3.05, 3.63) is 75.1 Å². The number of ether oxygens (including phenoxy) is 1. The van der Waals surface area contributed by atoms with E-state index in [1.165, 1.54) is 17.7 Å². The quantitative estimate of drug-likeness (QED) is 0.495. The highest BCUT2D eigenvalue weighted by molar-refractivity contribution is 6.32. The Morgan fingerprint density at radius 3 is 2.74 bits per heavy atom. The van der Waals surface area contributed by atoms with E-state index in [2.05, 4.69) is 17.4 Å². The Kier molecular flexibility index (Phi) is 6.14. The summed E-state index contributed by atoms with van der Waals surface area (Å²) in [5.74, 6) is 0.0715. The number of carbonyl (C=O) groups excluding carboxylic acids is 1. The lowest BCUT2D eigenvalue weighted by Gasteiger charge is -2.10. The molecule has 2 aromatic carbocycles. The van der Waals surface area contributed by atoms with Gasteiger partial charge in [0.2, 0.25) is 0 Å². The third-order valence-corrected chi connectivity index (χ3v) is 4.47. The summed E-state index contributed by atoms with van der Waals surface area (Å²) in [7, 11) is 0. The van der Waals surface area contributed by atoms with Gasteiger partial charge in [-0.1, -0.05) is 41.9 Å². The highest BCUT2D eigenvalue weighted by atomic mass is 35.5. The number of rotatable bonds is 7. The molecule has 1 N–H and O–H groups in total. The summed E-state index contributed by atoms with van der Waals surface area (Å²) in [6.07, 6.45) is 1.74. The Labute approximate surface area is 161 Å². The lowest BCUT2D eigenvalue weighted by atomic mass is 10.1. The summed E-state index contributed by atoms with van der Waals surface area (Å²) in [6, 6.07) is 14.7. The van der Waals surface area contributed by atoms with Crippen LogP contribution in [0.4, 0.5) is 0 Å². The van der Waals surface area contributed by atoms with Crippen LogP contribution < -0.4 is 15.7 Å². The fourth-order valence-corrected chi connectivity index (χ4v) is 3.01. The molecule has 5 nitrogen and oxygen atoms in total. The number of hydrogen-bond donors (Lipinski definition) is 1. The van der Waals surface area contributed by atoms with Gasteiger partial charge in [0.15, 0.2) is 6.61 Å². The summed E-state index contributed by atoms with van der Waals surface area (Å²) in [5.41, 5.74) is 1.95. The van der Waals surface area contributed by atoms with E-state index in [0.717, 1.165) is 23.8 Å². The Balaban J connectivity index is 1.52. The summed E-state index contributed by atoms with van der Waals surface area (Å²) in [5, 5.41) is 3.91. The van der Waals surface area contributed by atoms with Crippen LogP contribution in [0.3, 0.4) is 0 Å². The molecule has 6 heteroatoms. The van der Waals surface area contributed by atoms with E-state index in [9.17, 15) is 9.59 Å². The highest BCUT2D eigenvalue weighted by Gasteiger charge is 2.11. The van der Waals surface area contributed by atoms with E-state index < -0.39 is 5.63 Å². The van der Waals surface area contributed by atoms with Crippen molar-refractivity contribution in [2.45, 2.75) is 19.8 Å². The van der Waals surface area contributed by atoms with Gasteiger partial charge in [-0.25, -0.2) is 4.79 Å². The van der Waals surface area contributed by atoms with Gasteiger partial charge in [0, 0.05) is 24.1 Å². The van der Waals surface area contributed by atoms with Gasteiger partial charge in [-0.3, -0.25) is 4.79 Å². The number of carbonyl (C=O) groups is 1. The fraction of sp³-hybridized carbons (Fsp3) is 0.238. The minimum atomic E-state index is -0.440. The first-order valence-electron chi connectivity index (χ1n) is 8.70. The van der Waals surface area contributed by atoms with Crippen LogP contribution in [0.5, 0.6) is 5.75 Å². The van der Waals surface area contributed by atoms with E-state index in [1.807, 2.05) is 18.2 Å². The minimum Gasteiger partial charge on any atom is -0.482 e. The van der Waals surface area contributed by atoms with Crippen LogP contribution in [0.1, 0.15) is 17.5 Å². The van der Waals surface area contributed by atoms with Gasteiger partial charge < -0.3 is 14.5 Å². The number of benzene rings is 2. The first kappa shape index (κ1) is 19.0. The van der Waals surface area contributed by atoms with Gasteiger partial charge in [0.25, 0.3) is 5.91 Å². The average molecular weight is 386 g/mol. The molecular formula is C21H20ClNO4. The predicted molar refractivity (Wildman–Crippen MR) is 105 cm³/mol. The topological polar surface area (TPSA) is 68.5 Å². The second-order valence-corrected chi connectivity index (χ2v) is 6.66. The van der Waals surface area contributed by atoms with Crippen molar-refractivity contribution in [1.82, 2.24) is 5.32 Å². The van der Waals surface area contributed by atoms with Crippen LogP contribution in [0, 0.1) is 6.92 Å². The zero-order valence-corrected chi connectivity index (χ0v) is 15.7. The van der Waals surface area contributed by atoms with Crippen LogP contribution in [0.15, 0.2) is 57.7 Å². The number of aryl methyl sites for hydroxylation is 2. The molecule has 0 saturated heterocycles. The van der Waals surface area contributed by atoms with Crippen molar-refractivity contribution in [3.63, 3.8) is 0 Å². The van der Waals surface area contributed by atoms with Crippen molar-refractivity contribution in [2.75, 3.05) is 13.2 Å². The normalized spacial score (nSPS) is 10.7. The van der Waals surface area contributed by atoms with Crippen molar-refractivity contribution in [2.24, 2.45) is 0 Å². The van der Waals surface area contributed by atoms with E-state index >= 15 is 0 Å². The number of hydrogen-bond acceptors (Lipinski definition) is 4. The lowest BCUT2D eigenvalue weighted by molar-refractivity contribution is -0.123. The van der Waals surface area contributed by atoms with E-state index in [-0.39, 0.29) is 12.5 Å². The zero-order chi connectivity index (χ0) is 19.2. The first-order valence-corrected chi connectivity index (χ1v) is 9.08. The van der Waals surface area contributed by atoms with Gasteiger partial charge in [-0.15, -0.1) is 0 Å². The van der Waals surface area contributed by atoms with Crippen LogP contribution in [0.25, 0.3) is 11.0 Å². The largest absolute Gasteiger partial charge is 0.482 e. The minimum absolute atomic E-state index is 0.160. The molecule has 0 fully saturated rings. The third-order valence-electron chi connectivity index (χ3n) is 4.17. The Morgan fingerprint density at radius 2 is 1.96 bits per heavy atom. The van der Waals surface area contributed by atoms with Gasteiger partial charge >= 0.3 is 5.63 Å². The zero-order valence-electron chi connectivity index (χ0n) is 15.0.